The number of rotatable bonds is 5. The predicted molar refractivity (Wildman–Crippen MR) is 82.2 cm³/mol. The van der Waals surface area contributed by atoms with Crippen LogP contribution in [0.25, 0.3) is 0 Å². The van der Waals surface area contributed by atoms with Gasteiger partial charge in [0.1, 0.15) is 5.76 Å². The molecule has 0 spiro atoms. The van der Waals surface area contributed by atoms with Crippen molar-refractivity contribution >= 4 is 23.1 Å². The van der Waals surface area contributed by atoms with Crippen LogP contribution in [-0.2, 0) is 24.3 Å². The third-order valence-electron chi connectivity index (χ3n) is 4.02. The Morgan fingerprint density at radius 3 is 3.05 bits per heavy atom. The Labute approximate surface area is 127 Å². The number of nitrogens with zero attached hydrogens (tertiary/aromatic N) is 2. The molecule has 1 saturated carbocycles. The minimum Gasteiger partial charge on any atom is -0.361 e. The molecule has 0 aliphatic heterocycles. The molecule has 3 nitrogen and oxygen atoms in total. The first-order valence-corrected chi connectivity index (χ1v) is 9.42. The summed E-state index contributed by atoms with van der Waals surface area (Å²) in [7, 11) is 0. The summed E-state index contributed by atoms with van der Waals surface area (Å²) in [5.74, 6) is 3.86. The van der Waals surface area contributed by atoms with E-state index in [0.29, 0.717) is 0 Å². The first-order valence-electron chi connectivity index (χ1n) is 7.38. The number of aromatic nitrogens is 2. The van der Waals surface area contributed by atoms with Crippen LogP contribution in [0.5, 0.6) is 0 Å². The Morgan fingerprint density at radius 1 is 1.25 bits per heavy atom. The summed E-state index contributed by atoms with van der Waals surface area (Å²) < 4.78 is 5.46. The third-order valence-corrected chi connectivity index (χ3v) is 6.05. The van der Waals surface area contributed by atoms with E-state index in [1.165, 1.54) is 47.6 Å². The zero-order valence-corrected chi connectivity index (χ0v) is 13.1. The van der Waals surface area contributed by atoms with Crippen LogP contribution in [0.2, 0.25) is 0 Å². The second-order valence-corrected chi connectivity index (χ2v) is 7.56. The molecule has 4 rings (SSSR count). The van der Waals surface area contributed by atoms with Gasteiger partial charge in [0.15, 0.2) is 0 Å². The van der Waals surface area contributed by atoms with Gasteiger partial charge in [0.2, 0.25) is 0 Å². The molecular formula is C15H18N2OS2. The monoisotopic (exact) mass is 306 g/mol. The lowest BCUT2D eigenvalue weighted by Crippen LogP contribution is -2.01. The van der Waals surface area contributed by atoms with Crippen molar-refractivity contribution in [3.63, 3.8) is 0 Å². The fraction of sp³-hybridized carbons (Fsp3) is 0.600. The lowest BCUT2D eigenvalue weighted by molar-refractivity contribution is 0.369. The zero-order chi connectivity index (χ0) is 13.4. The molecule has 1 fully saturated rings. The van der Waals surface area contributed by atoms with E-state index in [1.807, 2.05) is 23.1 Å². The number of fused-ring (bicyclic) bond motifs is 1. The average Bonchev–Trinajstić information content (AvgIpc) is 3.09. The molecule has 2 aromatic rings. The Kier molecular flexibility index (Phi) is 3.56. The van der Waals surface area contributed by atoms with Crippen molar-refractivity contribution in [2.75, 3.05) is 0 Å². The van der Waals surface area contributed by atoms with Gasteiger partial charge in [-0.25, -0.2) is 4.98 Å². The average molecular weight is 306 g/mol. The van der Waals surface area contributed by atoms with E-state index in [4.69, 9.17) is 9.51 Å². The van der Waals surface area contributed by atoms with E-state index in [-0.39, 0.29) is 0 Å². The number of hydrogen-bond donors (Lipinski definition) is 0. The van der Waals surface area contributed by atoms with E-state index in [2.05, 4.69) is 10.5 Å². The Morgan fingerprint density at radius 2 is 2.15 bits per heavy atom. The Hall–Kier alpha value is -0.810. The van der Waals surface area contributed by atoms with E-state index < -0.39 is 0 Å². The molecule has 2 aliphatic carbocycles. The summed E-state index contributed by atoms with van der Waals surface area (Å²) in [4.78, 5) is 4.73. The molecule has 0 saturated heterocycles. The van der Waals surface area contributed by atoms with Crippen molar-refractivity contribution in [1.82, 2.24) is 10.1 Å². The van der Waals surface area contributed by atoms with Crippen molar-refractivity contribution in [1.29, 1.82) is 0 Å². The van der Waals surface area contributed by atoms with Crippen molar-refractivity contribution in [3.05, 3.63) is 33.1 Å². The van der Waals surface area contributed by atoms with Gasteiger partial charge in [-0.2, -0.15) is 0 Å². The molecule has 106 valence electrons. The van der Waals surface area contributed by atoms with Crippen molar-refractivity contribution < 1.29 is 4.52 Å². The van der Waals surface area contributed by atoms with Crippen molar-refractivity contribution in [2.24, 2.45) is 0 Å². The number of aryl methyl sites for hydroxylation is 1. The highest BCUT2D eigenvalue weighted by atomic mass is 32.2. The molecule has 0 N–H and O–H groups in total. The summed E-state index contributed by atoms with van der Waals surface area (Å²) >= 11 is 3.74. The highest BCUT2D eigenvalue weighted by Crippen LogP contribution is 2.41. The number of thiazole rings is 1. The molecule has 2 aromatic heterocycles. The fourth-order valence-corrected chi connectivity index (χ4v) is 4.70. The van der Waals surface area contributed by atoms with Crippen molar-refractivity contribution in [2.45, 2.75) is 55.9 Å². The molecule has 20 heavy (non-hydrogen) atoms. The molecule has 2 aliphatic rings. The summed E-state index contributed by atoms with van der Waals surface area (Å²) in [6.07, 6.45) is 7.43. The molecular weight excluding hydrogens is 288 g/mol. The SMILES string of the molecule is c1sc(C2CC2)nc1CSCc1noc2c1CCCC2. The van der Waals surface area contributed by atoms with Crippen LogP contribution in [0.4, 0.5) is 0 Å². The first-order chi connectivity index (χ1) is 9.90. The largest absolute Gasteiger partial charge is 0.361 e. The van der Waals surface area contributed by atoms with Crippen LogP contribution in [0.1, 0.15) is 59.3 Å². The summed E-state index contributed by atoms with van der Waals surface area (Å²) in [5, 5.41) is 7.83. The minimum absolute atomic E-state index is 0.779. The highest BCUT2D eigenvalue weighted by molar-refractivity contribution is 7.97. The fourth-order valence-electron chi connectivity index (χ4n) is 2.72. The van der Waals surface area contributed by atoms with Crippen LogP contribution >= 0.6 is 23.1 Å². The highest BCUT2D eigenvalue weighted by Gasteiger charge is 2.26. The zero-order valence-electron chi connectivity index (χ0n) is 11.4. The van der Waals surface area contributed by atoms with Crippen LogP contribution in [0.15, 0.2) is 9.90 Å². The van der Waals surface area contributed by atoms with Crippen molar-refractivity contribution in [3.8, 4) is 0 Å². The topological polar surface area (TPSA) is 38.9 Å². The molecule has 0 bridgehead atoms. The maximum atomic E-state index is 5.46. The molecule has 0 amide bonds. The lowest BCUT2D eigenvalue weighted by Gasteiger charge is -2.08. The van der Waals surface area contributed by atoms with Gasteiger partial charge < -0.3 is 4.52 Å². The minimum atomic E-state index is 0.779. The molecule has 0 unspecified atom stereocenters. The third kappa shape index (κ3) is 2.66. The normalized spacial score (nSPS) is 18.2. The van der Waals surface area contributed by atoms with E-state index in [1.54, 1.807) is 0 Å². The van der Waals surface area contributed by atoms with Crippen LogP contribution in [-0.4, -0.2) is 10.1 Å². The van der Waals surface area contributed by atoms with Gasteiger partial charge in [0.05, 0.1) is 16.4 Å². The van der Waals surface area contributed by atoms with Crippen LogP contribution in [0, 0.1) is 0 Å². The van der Waals surface area contributed by atoms with Crippen LogP contribution < -0.4 is 0 Å². The smallest absolute Gasteiger partial charge is 0.140 e. The predicted octanol–water partition coefficient (Wildman–Crippen LogP) is 4.32. The molecule has 0 atom stereocenters. The van der Waals surface area contributed by atoms with E-state index in [9.17, 15) is 0 Å². The maximum absolute atomic E-state index is 5.46. The summed E-state index contributed by atoms with van der Waals surface area (Å²) in [6, 6.07) is 0. The second-order valence-electron chi connectivity index (χ2n) is 5.68. The van der Waals surface area contributed by atoms with E-state index >= 15 is 0 Å². The lowest BCUT2D eigenvalue weighted by atomic mass is 9.97. The standard InChI is InChI=1S/C15H18N2OS2/c1-2-4-14-12(3-1)13(17-18-14)9-19-7-11-8-20-15(16-11)10-5-6-10/h8,10H,1-7,9H2. The summed E-state index contributed by atoms with van der Waals surface area (Å²) in [5.41, 5.74) is 3.79. The first kappa shape index (κ1) is 12.9. The van der Waals surface area contributed by atoms with Gasteiger partial charge in [-0.3, -0.25) is 0 Å². The van der Waals surface area contributed by atoms with Crippen LogP contribution in [0.3, 0.4) is 0 Å². The Balaban J connectivity index is 1.34. The van der Waals surface area contributed by atoms with Gasteiger partial charge in [-0.15, -0.1) is 23.1 Å². The maximum Gasteiger partial charge on any atom is 0.140 e. The number of thioether (sulfide) groups is 1. The number of hydrogen-bond acceptors (Lipinski definition) is 5. The molecule has 2 heterocycles. The quantitative estimate of drug-likeness (QED) is 0.824. The van der Waals surface area contributed by atoms with Gasteiger partial charge in [0.25, 0.3) is 0 Å². The summed E-state index contributed by atoms with van der Waals surface area (Å²) in [6.45, 7) is 0. The molecule has 0 aromatic carbocycles. The Bertz CT molecular complexity index is 601. The molecule has 0 radical (unpaired) electrons. The van der Waals surface area contributed by atoms with Gasteiger partial charge in [0, 0.05) is 34.8 Å². The molecule has 5 heteroatoms. The van der Waals surface area contributed by atoms with E-state index in [0.717, 1.165) is 36.0 Å². The van der Waals surface area contributed by atoms with Gasteiger partial charge in [-0.1, -0.05) is 5.16 Å². The van der Waals surface area contributed by atoms with Gasteiger partial charge in [-0.05, 0) is 32.1 Å². The second kappa shape index (κ2) is 5.53. The van der Waals surface area contributed by atoms with Gasteiger partial charge >= 0.3 is 0 Å².